The Morgan fingerprint density at radius 1 is 1.09 bits per heavy atom. The summed E-state index contributed by atoms with van der Waals surface area (Å²) in [5.41, 5.74) is 1.88. The van der Waals surface area contributed by atoms with E-state index in [1.54, 1.807) is 30.3 Å². The van der Waals surface area contributed by atoms with Crippen LogP contribution in [0.2, 0.25) is 0 Å². The minimum absolute atomic E-state index is 0.0256. The molecular formula is C24H14N4O5S. The zero-order valence-corrected chi connectivity index (χ0v) is 18.4. The largest absolute Gasteiger partial charge is 0.457 e. The highest BCUT2D eigenvalue weighted by molar-refractivity contribution is 7.15. The second-order valence-corrected chi connectivity index (χ2v) is 8.62. The molecule has 4 aromatic heterocycles. The number of aromatic nitrogens is 3. The quantitative estimate of drug-likeness (QED) is 0.273. The van der Waals surface area contributed by atoms with Gasteiger partial charge in [0.15, 0.2) is 5.76 Å². The van der Waals surface area contributed by atoms with E-state index >= 15 is 0 Å². The smallest absolute Gasteiger partial charge is 0.291 e. The standard InChI is InChI=1S/C24H14N4O5S/c1-13-17-7-2-3-8-19(17)33-21(13)22-25-24-27(26-22)23(29)20(34-24)12-16-9-10-18(32-16)14-5-4-6-15(11-14)28(30)31/h2-12H,1H3/b20-12-. The van der Waals surface area contributed by atoms with Gasteiger partial charge in [-0.3, -0.25) is 14.9 Å². The summed E-state index contributed by atoms with van der Waals surface area (Å²) in [4.78, 5) is 28.4. The molecule has 34 heavy (non-hydrogen) atoms. The molecule has 10 heteroatoms. The van der Waals surface area contributed by atoms with Gasteiger partial charge in [0.25, 0.3) is 11.2 Å². The van der Waals surface area contributed by atoms with Crippen LogP contribution in [0.1, 0.15) is 11.3 Å². The Bertz CT molecular complexity index is 1840. The van der Waals surface area contributed by atoms with Crippen LogP contribution in [0, 0.1) is 17.0 Å². The van der Waals surface area contributed by atoms with Gasteiger partial charge in [0.1, 0.15) is 21.6 Å². The summed E-state index contributed by atoms with van der Waals surface area (Å²) >= 11 is 1.19. The van der Waals surface area contributed by atoms with Crippen molar-refractivity contribution in [2.24, 2.45) is 0 Å². The highest BCUT2D eigenvalue weighted by Crippen LogP contribution is 2.31. The molecule has 0 saturated heterocycles. The molecule has 0 aliphatic carbocycles. The number of hydrogen-bond acceptors (Lipinski definition) is 8. The lowest BCUT2D eigenvalue weighted by Gasteiger charge is -1.96. The van der Waals surface area contributed by atoms with Gasteiger partial charge in [-0.25, -0.2) is 0 Å². The molecule has 0 bridgehead atoms. The Labute approximate surface area is 194 Å². The third kappa shape index (κ3) is 3.20. The molecule has 0 radical (unpaired) electrons. The molecule has 9 nitrogen and oxygen atoms in total. The molecule has 166 valence electrons. The number of nitrogens with zero attached hydrogens (tertiary/aromatic N) is 4. The first-order chi connectivity index (χ1) is 16.5. The van der Waals surface area contributed by atoms with E-state index in [1.807, 2.05) is 31.2 Å². The number of aryl methyl sites for hydroxylation is 1. The lowest BCUT2D eigenvalue weighted by atomic mass is 10.1. The Hall–Kier alpha value is -4.57. The highest BCUT2D eigenvalue weighted by Gasteiger charge is 2.19. The number of nitro benzene ring substituents is 1. The van der Waals surface area contributed by atoms with E-state index in [4.69, 9.17) is 8.83 Å². The molecule has 6 rings (SSSR count). The lowest BCUT2D eigenvalue weighted by molar-refractivity contribution is -0.384. The van der Waals surface area contributed by atoms with Gasteiger partial charge in [0, 0.05) is 34.7 Å². The summed E-state index contributed by atoms with van der Waals surface area (Å²) in [6, 6.07) is 17.2. The monoisotopic (exact) mass is 470 g/mol. The van der Waals surface area contributed by atoms with Crippen molar-refractivity contribution in [1.82, 2.24) is 14.6 Å². The first kappa shape index (κ1) is 20.1. The molecule has 0 fully saturated rings. The van der Waals surface area contributed by atoms with Crippen LogP contribution < -0.4 is 10.1 Å². The van der Waals surface area contributed by atoms with Gasteiger partial charge in [-0.05, 0) is 25.1 Å². The molecule has 0 atom stereocenters. The van der Waals surface area contributed by atoms with E-state index in [0.29, 0.717) is 38.2 Å². The number of benzene rings is 2. The van der Waals surface area contributed by atoms with Crippen LogP contribution in [0.3, 0.4) is 0 Å². The summed E-state index contributed by atoms with van der Waals surface area (Å²) in [7, 11) is 0. The van der Waals surface area contributed by atoms with Crippen molar-refractivity contribution in [1.29, 1.82) is 0 Å². The van der Waals surface area contributed by atoms with Crippen molar-refractivity contribution in [3.8, 4) is 22.9 Å². The molecule has 2 aromatic carbocycles. The van der Waals surface area contributed by atoms with Gasteiger partial charge >= 0.3 is 0 Å². The van der Waals surface area contributed by atoms with E-state index in [-0.39, 0.29) is 11.2 Å². The number of thiazole rings is 1. The van der Waals surface area contributed by atoms with Crippen molar-refractivity contribution in [2.45, 2.75) is 6.92 Å². The zero-order valence-electron chi connectivity index (χ0n) is 17.6. The number of fused-ring (bicyclic) bond motifs is 2. The van der Waals surface area contributed by atoms with Gasteiger partial charge < -0.3 is 8.83 Å². The minimum atomic E-state index is -0.460. The topological polar surface area (TPSA) is 117 Å². The zero-order chi connectivity index (χ0) is 23.4. The van der Waals surface area contributed by atoms with Crippen LogP contribution in [0.25, 0.3) is 44.9 Å². The number of non-ortho nitro benzene ring substituents is 1. The minimum Gasteiger partial charge on any atom is -0.457 e. The van der Waals surface area contributed by atoms with E-state index in [9.17, 15) is 14.9 Å². The SMILES string of the molecule is Cc1c(-c2nc3s/c(=C\c4ccc(-c5cccc([N+](=O)[O-])c5)o4)c(=O)n3n2)oc2ccccc12. The molecule has 0 unspecified atom stereocenters. The number of rotatable bonds is 4. The van der Waals surface area contributed by atoms with E-state index < -0.39 is 4.92 Å². The second kappa shape index (κ2) is 7.49. The van der Waals surface area contributed by atoms with Gasteiger partial charge in [-0.1, -0.05) is 41.7 Å². The Balaban J connectivity index is 1.37. The lowest BCUT2D eigenvalue weighted by Crippen LogP contribution is -2.23. The van der Waals surface area contributed by atoms with E-state index in [2.05, 4.69) is 10.1 Å². The normalized spacial score (nSPS) is 12.2. The maximum absolute atomic E-state index is 12.9. The fourth-order valence-corrected chi connectivity index (χ4v) is 4.69. The summed E-state index contributed by atoms with van der Waals surface area (Å²) in [5, 5.41) is 16.4. The van der Waals surface area contributed by atoms with Crippen LogP contribution in [0.4, 0.5) is 5.69 Å². The van der Waals surface area contributed by atoms with E-state index in [0.717, 1.165) is 16.5 Å². The Kier molecular flexibility index (Phi) is 4.42. The Morgan fingerprint density at radius 3 is 2.74 bits per heavy atom. The molecule has 0 spiro atoms. The molecule has 4 heterocycles. The van der Waals surface area contributed by atoms with Gasteiger partial charge in [-0.15, -0.1) is 5.10 Å². The van der Waals surface area contributed by atoms with Crippen molar-refractivity contribution < 1.29 is 13.8 Å². The van der Waals surface area contributed by atoms with Crippen LogP contribution in [0.15, 0.2) is 74.3 Å². The number of nitro groups is 1. The third-order valence-electron chi connectivity index (χ3n) is 5.47. The number of furan rings is 2. The van der Waals surface area contributed by atoms with Crippen LogP contribution in [0.5, 0.6) is 0 Å². The van der Waals surface area contributed by atoms with E-state index in [1.165, 1.54) is 28.0 Å². The van der Waals surface area contributed by atoms with Crippen molar-refractivity contribution in [3.63, 3.8) is 0 Å². The molecule has 0 N–H and O–H groups in total. The average Bonchev–Trinajstić information content (AvgIpc) is 3.60. The second-order valence-electron chi connectivity index (χ2n) is 7.61. The fraction of sp³-hybridized carbons (Fsp3) is 0.0417. The van der Waals surface area contributed by atoms with Crippen molar-refractivity contribution >= 4 is 39.0 Å². The molecule has 0 aliphatic heterocycles. The van der Waals surface area contributed by atoms with Crippen LogP contribution in [-0.4, -0.2) is 19.5 Å². The first-order valence-electron chi connectivity index (χ1n) is 10.2. The first-order valence-corrected chi connectivity index (χ1v) is 11.0. The highest BCUT2D eigenvalue weighted by atomic mass is 32.1. The van der Waals surface area contributed by atoms with Crippen LogP contribution >= 0.6 is 11.3 Å². The molecule has 0 aliphatic rings. The summed E-state index contributed by atoms with van der Waals surface area (Å²) in [6.07, 6.45) is 1.61. The van der Waals surface area contributed by atoms with Crippen molar-refractivity contribution in [2.75, 3.05) is 0 Å². The Morgan fingerprint density at radius 2 is 1.94 bits per heavy atom. The summed E-state index contributed by atoms with van der Waals surface area (Å²) in [5.74, 6) is 1.80. The predicted octanol–water partition coefficient (Wildman–Crippen LogP) is 4.59. The summed E-state index contributed by atoms with van der Waals surface area (Å²) in [6.45, 7) is 1.93. The average molecular weight is 470 g/mol. The van der Waals surface area contributed by atoms with Crippen LogP contribution in [-0.2, 0) is 0 Å². The maximum atomic E-state index is 12.9. The fourth-order valence-electron chi connectivity index (χ4n) is 3.81. The molecule has 0 amide bonds. The number of para-hydroxylation sites is 1. The van der Waals surface area contributed by atoms with Gasteiger partial charge in [0.05, 0.1) is 4.92 Å². The number of hydrogen-bond donors (Lipinski definition) is 0. The maximum Gasteiger partial charge on any atom is 0.291 e. The molecular weight excluding hydrogens is 456 g/mol. The molecule has 0 saturated carbocycles. The van der Waals surface area contributed by atoms with Crippen molar-refractivity contribution in [3.05, 3.63) is 97.0 Å². The third-order valence-corrected chi connectivity index (χ3v) is 6.43. The summed E-state index contributed by atoms with van der Waals surface area (Å²) < 4.78 is 13.4. The molecule has 6 aromatic rings. The predicted molar refractivity (Wildman–Crippen MR) is 127 cm³/mol. The van der Waals surface area contributed by atoms with Gasteiger partial charge in [-0.2, -0.15) is 9.50 Å². The van der Waals surface area contributed by atoms with Gasteiger partial charge in [0.2, 0.25) is 10.8 Å².